The highest BCUT2D eigenvalue weighted by Crippen LogP contribution is 2.50. The van der Waals surface area contributed by atoms with Gasteiger partial charge < -0.3 is 14.4 Å². The normalized spacial score (nSPS) is 16.9. The third-order valence-electron chi connectivity index (χ3n) is 7.62. The van der Waals surface area contributed by atoms with Crippen molar-refractivity contribution in [3.8, 4) is 5.69 Å². The van der Waals surface area contributed by atoms with Crippen molar-refractivity contribution < 1.29 is 27.4 Å². The van der Waals surface area contributed by atoms with Crippen molar-refractivity contribution in [2.75, 3.05) is 38.3 Å². The van der Waals surface area contributed by atoms with E-state index >= 15 is 0 Å². The van der Waals surface area contributed by atoms with Gasteiger partial charge >= 0.3 is 17.8 Å². The number of alkyl halides is 3. The SMILES string of the molecule is COC(=O)c1cccc(C2(n3c(=O)n(-c4ccc(N5CCOCC5)cc4)c4cc(C(F)(F)F)ccc43)CC2)c1. The van der Waals surface area contributed by atoms with Crippen molar-refractivity contribution in [3.05, 3.63) is 93.9 Å². The summed E-state index contributed by atoms with van der Waals surface area (Å²) in [6.07, 6.45) is -3.36. The Kier molecular flexibility index (Phi) is 6.02. The summed E-state index contributed by atoms with van der Waals surface area (Å²) in [6, 6.07) is 17.5. The van der Waals surface area contributed by atoms with Crippen molar-refractivity contribution in [1.82, 2.24) is 9.13 Å². The number of benzene rings is 3. The predicted octanol–water partition coefficient (Wildman–Crippen LogP) is 4.97. The Morgan fingerprint density at radius 1 is 0.923 bits per heavy atom. The zero-order valence-electron chi connectivity index (χ0n) is 21.2. The molecule has 1 aliphatic heterocycles. The molecule has 0 amide bonds. The molecular weight excluding hydrogens is 511 g/mol. The summed E-state index contributed by atoms with van der Waals surface area (Å²) in [5, 5.41) is 0. The highest BCUT2D eigenvalue weighted by atomic mass is 19.4. The van der Waals surface area contributed by atoms with Gasteiger partial charge in [0.25, 0.3) is 0 Å². The van der Waals surface area contributed by atoms with Gasteiger partial charge in [-0.1, -0.05) is 12.1 Å². The van der Waals surface area contributed by atoms with E-state index in [0.29, 0.717) is 42.8 Å². The molecule has 6 rings (SSSR count). The minimum absolute atomic E-state index is 0.171. The Morgan fingerprint density at radius 3 is 2.26 bits per heavy atom. The highest BCUT2D eigenvalue weighted by Gasteiger charge is 2.49. The number of nitrogens with zero attached hydrogens (tertiary/aromatic N) is 3. The average Bonchev–Trinajstić information content (AvgIpc) is 3.70. The van der Waals surface area contributed by atoms with Crippen LogP contribution in [0.2, 0.25) is 0 Å². The van der Waals surface area contributed by atoms with Crippen molar-refractivity contribution in [3.63, 3.8) is 0 Å². The number of hydrogen-bond donors (Lipinski definition) is 0. The van der Waals surface area contributed by atoms with Crippen molar-refractivity contribution in [1.29, 1.82) is 0 Å². The third kappa shape index (κ3) is 4.28. The monoisotopic (exact) mass is 537 g/mol. The smallest absolute Gasteiger partial charge is 0.416 e. The third-order valence-corrected chi connectivity index (χ3v) is 7.62. The topological polar surface area (TPSA) is 65.7 Å². The summed E-state index contributed by atoms with van der Waals surface area (Å²) in [4.78, 5) is 28.4. The number of aromatic nitrogens is 2. The molecule has 0 radical (unpaired) electrons. The van der Waals surface area contributed by atoms with E-state index in [2.05, 4.69) is 4.90 Å². The van der Waals surface area contributed by atoms with E-state index in [1.54, 1.807) is 34.9 Å². The van der Waals surface area contributed by atoms with Crippen molar-refractivity contribution in [2.24, 2.45) is 0 Å². The van der Waals surface area contributed by atoms with Crippen molar-refractivity contribution in [2.45, 2.75) is 24.6 Å². The number of carbonyl (C=O) groups excluding carboxylic acids is 1. The van der Waals surface area contributed by atoms with Crippen LogP contribution >= 0.6 is 0 Å². The number of halogens is 3. The van der Waals surface area contributed by atoms with Gasteiger partial charge in [0.05, 0.1) is 53.7 Å². The number of carbonyl (C=O) groups is 1. The lowest BCUT2D eigenvalue weighted by atomic mass is 10.0. The van der Waals surface area contributed by atoms with Gasteiger partial charge in [0.2, 0.25) is 0 Å². The molecule has 2 aliphatic rings. The van der Waals surface area contributed by atoms with Crippen LogP contribution in [0.25, 0.3) is 16.7 Å². The molecule has 0 unspecified atom stereocenters. The van der Waals surface area contributed by atoms with E-state index in [0.717, 1.165) is 36.5 Å². The second kappa shape index (κ2) is 9.30. The van der Waals surface area contributed by atoms with Crippen LogP contribution in [0.4, 0.5) is 18.9 Å². The van der Waals surface area contributed by atoms with Crippen LogP contribution in [-0.2, 0) is 21.2 Å². The van der Waals surface area contributed by atoms with Gasteiger partial charge in [0.1, 0.15) is 0 Å². The number of fused-ring (bicyclic) bond motifs is 1. The van der Waals surface area contributed by atoms with Gasteiger partial charge in [0.15, 0.2) is 0 Å². The Hall–Kier alpha value is -4.05. The maximum absolute atomic E-state index is 14.1. The fraction of sp³-hybridized carbons (Fsp3) is 0.310. The molecular formula is C29H26F3N3O4. The molecule has 39 heavy (non-hydrogen) atoms. The number of ether oxygens (including phenoxy) is 2. The van der Waals surface area contributed by atoms with Crippen LogP contribution in [0.3, 0.4) is 0 Å². The summed E-state index contributed by atoms with van der Waals surface area (Å²) in [7, 11) is 1.29. The summed E-state index contributed by atoms with van der Waals surface area (Å²) in [6.45, 7) is 2.71. The van der Waals surface area contributed by atoms with E-state index in [4.69, 9.17) is 9.47 Å². The molecule has 1 aromatic heterocycles. The number of imidazole rings is 1. The van der Waals surface area contributed by atoms with Gasteiger partial charge in [-0.05, 0) is 73.0 Å². The van der Waals surface area contributed by atoms with Gasteiger partial charge in [-0.15, -0.1) is 0 Å². The highest BCUT2D eigenvalue weighted by molar-refractivity contribution is 5.89. The molecule has 2 heterocycles. The fourth-order valence-electron chi connectivity index (χ4n) is 5.48. The maximum atomic E-state index is 14.1. The molecule has 4 aromatic rings. The lowest BCUT2D eigenvalue weighted by molar-refractivity contribution is -0.137. The summed E-state index contributed by atoms with van der Waals surface area (Å²) < 4.78 is 54.4. The lowest BCUT2D eigenvalue weighted by Gasteiger charge is -2.28. The van der Waals surface area contributed by atoms with Crippen LogP contribution < -0.4 is 10.6 Å². The second-order valence-electron chi connectivity index (χ2n) is 9.87. The van der Waals surface area contributed by atoms with Crippen molar-refractivity contribution >= 4 is 22.7 Å². The molecule has 0 atom stereocenters. The summed E-state index contributed by atoms with van der Waals surface area (Å²) in [5.74, 6) is -0.502. The molecule has 0 N–H and O–H groups in total. The molecule has 7 nitrogen and oxygen atoms in total. The molecule has 1 saturated carbocycles. The first-order chi connectivity index (χ1) is 18.7. The molecule has 202 valence electrons. The minimum Gasteiger partial charge on any atom is -0.465 e. The molecule has 10 heteroatoms. The Labute approximate surface area is 222 Å². The Morgan fingerprint density at radius 2 is 1.62 bits per heavy atom. The molecule has 3 aromatic carbocycles. The molecule has 1 aliphatic carbocycles. The first-order valence-electron chi connectivity index (χ1n) is 12.7. The van der Waals surface area contributed by atoms with E-state index in [9.17, 15) is 22.8 Å². The van der Waals surface area contributed by atoms with Crippen LogP contribution in [0.5, 0.6) is 0 Å². The number of esters is 1. The zero-order valence-corrected chi connectivity index (χ0v) is 21.2. The first-order valence-corrected chi connectivity index (χ1v) is 12.7. The maximum Gasteiger partial charge on any atom is 0.416 e. The molecule has 2 fully saturated rings. The largest absolute Gasteiger partial charge is 0.465 e. The van der Waals surface area contributed by atoms with Crippen LogP contribution in [0.15, 0.2) is 71.5 Å². The van der Waals surface area contributed by atoms with Crippen LogP contribution in [0, 0.1) is 0 Å². The number of methoxy groups -OCH3 is 1. The fourth-order valence-corrected chi connectivity index (χ4v) is 5.48. The zero-order chi connectivity index (χ0) is 27.4. The minimum atomic E-state index is -4.57. The number of anilines is 1. The van der Waals surface area contributed by atoms with Crippen LogP contribution in [-0.4, -0.2) is 48.5 Å². The van der Waals surface area contributed by atoms with E-state index < -0.39 is 28.9 Å². The number of rotatable bonds is 5. The van der Waals surface area contributed by atoms with E-state index in [-0.39, 0.29) is 5.52 Å². The van der Waals surface area contributed by atoms with E-state index in [1.807, 2.05) is 18.2 Å². The Balaban J connectivity index is 1.52. The summed E-state index contributed by atoms with van der Waals surface area (Å²) >= 11 is 0. The summed E-state index contributed by atoms with van der Waals surface area (Å²) in [5.41, 5.74) is 1.01. The van der Waals surface area contributed by atoms with E-state index in [1.165, 1.54) is 17.7 Å². The number of morpholine rings is 1. The van der Waals surface area contributed by atoms with Gasteiger partial charge in [-0.25, -0.2) is 9.59 Å². The van der Waals surface area contributed by atoms with Gasteiger partial charge in [-0.3, -0.25) is 9.13 Å². The molecule has 0 bridgehead atoms. The van der Waals surface area contributed by atoms with Gasteiger partial charge in [0, 0.05) is 18.8 Å². The second-order valence-corrected chi connectivity index (χ2v) is 9.87. The number of hydrogen-bond acceptors (Lipinski definition) is 5. The quantitative estimate of drug-likeness (QED) is 0.337. The lowest BCUT2D eigenvalue weighted by Crippen LogP contribution is -2.36. The predicted molar refractivity (Wildman–Crippen MR) is 140 cm³/mol. The van der Waals surface area contributed by atoms with Gasteiger partial charge in [-0.2, -0.15) is 13.2 Å². The standard InChI is InChI=1S/C29H26F3N3O4/c1-38-26(36)19-3-2-4-20(17-19)28(11-12-28)35-24-10-5-21(29(30,31)32)18-25(24)34(27(35)37)23-8-6-22(7-9-23)33-13-15-39-16-14-33/h2-10,17-18H,11-16H2,1H3. The molecule has 1 saturated heterocycles. The average molecular weight is 538 g/mol. The molecule has 0 spiro atoms. The van der Waals surface area contributed by atoms with Crippen LogP contribution in [0.1, 0.15) is 34.3 Å². The first kappa shape index (κ1) is 25.2. The Bertz CT molecular complexity index is 1610.